The van der Waals surface area contributed by atoms with Crippen molar-refractivity contribution in [3.05, 3.63) is 29.0 Å². The van der Waals surface area contributed by atoms with Crippen LogP contribution in [0.3, 0.4) is 0 Å². The number of sulfonamides is 1. The standard InChI is InChI=1S/C20H26ClN5O3S2/c1-13(30-20-24-23-18(25(20)2)14-6-7-14)19(27)22-17-12-15(8-9-16(17)21)31(28,29)26-10-4-3-5-11-26/h8-9,12-14H,3-7,10-11H2,1-2H3,(H,22,27)/t13-/m0/s1. The Hall–Kier alpha value is -1.62. The second-order valence-corrected chi connectivity index (χ2v) is 11.7. The molecule has 1 amide bonds. The second kappa shape index (κ2) is 9.09. The van der Waals surface area contributed by atoms with Crippen LogP contribution < -0.4 is 5.32 Å². The van der Waals surface area contributed by atoms with Crippen LogP contribution in [0, 0.1) is 0 Å². The average molecular weight is 484 g/mol. The summed E-state index contributed by atoms with van der Waals surface area (Å²) in [7, 11) is -1.71. The summed E-state index contributed by atoms with van der Waals surface area (Å²) < 4.78 is 29.3. The van der Waals surface area contributed by atoms with E-state index in [0.717, 1.165) is 37.9 Å². The monoisotopic (exact) mass is 483 g/mol. The van der Waals surface area contributed by atoms with E-state index in [1.165, 1.54) is 34.3 Å². The number of piperidine rings is 1. The van der Waals surface area contributed by atoms with Crippen molar-refractivity contribution in [1.82, 2.24) is 19.1 Å². The molecule has 0 bridgehead atoms. The van der Waals surface area contributed by atoms with E-state index in [2.05, 4.69) is 15.5 Å². The SMILES string of the molecule is C[C@H](Sc1nnc(C2CC2)n1C)C(=O)Nc1cc(S(=O)(=O)N2CCCCC2)ccc1Cl. The topological polar surface area (TPSA) is 97.2 Å². The van der Waals surface area contributed by atoms with Crippen LogP contribution >= 0.6 is 23.4 Å². The predicted molar refractivity (Wildman–Crippen MR) is 121 cm³/mol. The van der Waals surface area contributed by atoms with Gasteiger partial charge in [0.05, 0.1) is 20.9 Å². The fourth-order valence-electron chi connectivity index (χ4n) is 3.59. The molecule has 2 aromatic rings. The van der Waals surface area contributed by atoms with Crippen LogP contribution in [-0.2, 0) is 21.9 Å². The molecule has 1 aliphatic heterocycles. The summed E-state index contributed by atoms with van der Waals surface area (Å²) in [5.74, 6) is 1.14. The van der Waals surface area contributed by atoms with E-state index >= 15 is 0 Å². The molecule has 1 atom stereocenters. The van der Waals surface area contributed by atoms with Gasteiger partial charge in [0.25, 0.3) is 0 Å². The van der Waals surface area contributed by atoms with Gasteiger partial charge in [-0.15, -0.1) is 10.2 Å². The van der Waals surface area contributed by atoms with E-state index in [-0.39, 0.29) is 21.5 Å². The molecule has 2 heterocycles. The van der Waals surface area contributed by atoms with Crippen LogP contribution in [0.2, 0.25) is 5.02 Å². The molecule has 0 unspecified atom stereocenters. The van der Waals surface area contributed by atoms with Crippen molar-refractivity contribution in [2.45, 2.75) is 60.2 Å². The molecule has 1 saturated heterocycles. The van der Waals surface area contributed by atoms with Crippen molar-refractivity contribution < 1.29 is 13.2 Å². The number of amides is 1. The Balaban J connectivity index is 1.46. The molecule has 0 radical (unpaired) electrons. The largest absolute Gasteiger partial charge is 0.324 e. The molecule has 31 heavy (non-hydrogen) atoms. The number of hydrogen-bond acceptors (Lipinski definition) is 6. The first-order valence-electron chi connectivity index (χ1n) is 10.4. The van der Waals surface area contributed by atoms with Crippen LogP contribution in [0.25, 0.3) is 0 Å². The summed E-state index contributed by atoms with van der Waals surface area (Å²) >= 11 is 7.56. The minimum atomic E-state index is -3.61. The molecule has 0 spiro atoms. The van der Waals surface area contributed by atoms with Gasteiger partial charge in [0, 0.05) is 26.1 Å². The van der Waals surface area contributed by atoms with Gasteiger partial charge in [-0.05, 0) is 50.8 Å². The molecule has 8 nitrogen and oxygen atoms in total. The number of benzene rings is 1. The molecule has 1 saturated carbocycles. The van der Waals surface area contributed by atoms with Crippen LogP contribution in [0.15, 0.2) is 28.3 Å². The van der Waals surface area contributed by atoms with Gasteiger partial charge in [0.15, 0.2) is 5.16 Å². The molecule has 2 fully saturated rings. The zero-order valence-electron chi connectivity index (χ0n) is 17.5. The fraction of sp³-hybridized carbons (Fsp3) is 0.550. The lowest BCUT2D eigenvalue weighted by molar-refractivity contribution is -0.115. The number of nitrogens with zero attached hydrogens (tertiary/aromatic N) is 4. The van der Waals surface area contributed by atoms with Gasteiger partial charge in [-0.25, -0.2) is 8.42 Å². The number of thioether (sulfide) groups is 1. The van der Waals surface area contributed by atoms with E-state index in [4.69, 9.17) is 11.6 Å². The van der Waals surface area contributed by atoms with E-state index in [1.54, 1.807) is 6.92 Å². The third-order valence-electron chi connectivity index (χ3n) is 5.61. The van der Waals surface area contributed by atoms with E-state index in [1.807, 2.05) is 11.6 Å². The van der Waals surface area contributed by atoms with Crippen LogP contribution in [-0.4, -0.2) is 51.7 Å². The predicted octanol–water partition coefficient (Wildman–Crippen LogP) is 3.64. The maximum Gasteiger partial charge on any atom is 0.243 e. The second-order valence-electron chi connectivity index (χ2n) is 8.03. The highest BCUT2D eigenvalue weighted by Gasteiger charge is 2.30. The lowest BCUT2D eigenvalue weighted by atomic mass is 10.2. The Morgan fingerprint density at radius 3 is 2.61 bits per heavy atom. The number of halogens is 1. The van der Waals surface area contributed by atoms with Gasteiger partial charge in [0.2, 0.25) is 15.9 Å². The fourth-order valence-corrected chi connectivity index (χ4v) is 6.12. The number of hydrogen-bond donors (Lipinski definition) is 1. The first-order chi connectivity index (χ1) is 14.8. The minimum absolute atomic E-state index is 0.136. The maximum atomic E-state index is 13.0. The highest BCUT2D eigenvalue weighted by Crippen LogP contribution is 2.40. The van der Waals surface area contributed by atoms with E-state index in [0.29, 0.717) is 24.2 Å². The average Bonchev–Trinajstić information content (AvgIpc) is 3.54. The Bertz CT molecular complexity index is 1080. The quantitative estimate of drug-likeness (QED) is 0.604. The van der Waals surface area contributed by atoms with Crippen molar-refractivity contribution in [1.29, 1.82) is 0 Å². The summed E-state index contributed by atoms with van der Waals surface area (Å²) in [5, 5.41) is 11.7. The van der Waals surface area contributed by atoms with Crippen molar-refractivity contribution in [2.24, 2.45) is 7.05 Å². The van der Waals surface area contributed by atoms with Crippen LogP contribution in [0.5, 0.6) is 0 Å². The molecule has 1 N–H and O–H groups in total. The number of anilines is 1. The summed E-state index contributed by atoms with van der Waals surface area (Å²) in [6, 6.07) is 4.44. The Morgan fingerprint density at radius 2 is 1.94 bits per heavy atom. The lowest BCUT2D eigenvalue weighted by Gasteiger charge is -2.26. The number of rotatable bonds is 7. The molecule has 168 valence electrons. The van der Waals surface area contributed by atoms with Crippen LogP contribution in [0.1, 0.15) is 50.8 Å². The number of aromatic nitrogens is 3. The molecular weight excluding hydrogens is 458 g/mol. The van der Waals surface area contributed by atoms with Gasteiger partial charge < -0.3 is 9.88 Å². The Labute approximate surface area is 191 Å². The normalized spacial score (nSPS) is 18.7. The summed E-state index contributed by atoms with van der Waals surface area (Å²) in [6.45, 7) is 2.80. The third-order valence-corrected chi connectivity index (χ3v) is 8.97. The van der Waals surface area contributed by atoms with Crippen molar-refractivity contribution in [3.63, 3.8) is 0 Å². The Morgan fingerprint density at radius 1 is 1.23 bits per heavy atom. The maximum absolute atomic E-state index is 13.0. The highest BCUT2D eigenvalue weighted by atomic mass is 35.5. The first kappa shape index (κ1) is 22.6. The van der Waals surface area contributed by atoms with E-state index < -0.39 is 15.3 Å². The first-order valence-corrected chi connectivity index (χ1v) is 13.1. The molecule has 1 aliphatic carbocycles. The van der Waals surface area contributed by atoms with Gasteiger partial charge in [-0.3, -0.25) is 4.79 Å². The number of carbonyl (C=O) groups is 1. The van der Waals surface area contributed by atoms with Crippen molar-refractivity contribution in [3.8, 4) is 0 Å². The number of carbonyl (C=O) groups excluding carboxylic acids is 1. The molecular formula is C20H26ClN5O3S2. The third kappa shape index (κ3) is 4.92. The lowest BCUT2D eigenvalue weighted by Crippen LogP contribution is -2.35. The van der Waals surface area contributed by atoms with Crippen molar-refractivity contribution in [2.75, 3.05) is 18.4 Å². The molecule has 2 aliphatic rings. The van der Waals surface area contributed by atoms with E-state index in [9.17, 15) is 13.2 Å². The zero-order valence-corrected chi connectivity index (χ0v) is 19.9. The van der Waals surface area contributed by atoms with Crippen molar-refractivity contribution >= 4 is 45.0 Å². The molecule has 11 heteroatoms. The molecule has 1 aromatic carbocycles. The van der Waals surface area contributed by atoms with Gasteiger partial charge in [-0.2, -0.15) is 4.31 Å². The smallest absolute Gasteiger partial charge is 0.243 e. The van der Waals surface area contributed by atoms with Crippen LogP contribution in [0.4, 0.5) is 5.69 Å². The Kier molecular flexibility index (Phi) is 6.62. The number of nitrogens with one attached hydrogen (secondary N) is 1. The molecule has 4 rings (SSSR count). The summed E-state index contributed by atoms with van der Waals surface area (Å²) in [6.07, 6.45) is 5.01. The zero-order chi connectivity index (χ0) is 22.2. The minimum Gasteiger partial charge on any atom is -0.324 e. The summed E-state index contributed by atoms with van der Waals surface area (Å²) in [4.78, 5) is 12.9. The van der Waals surface area contributed by atoms with Gasteiger partial charge in [-0.1, -0.05) is 29.8 Å². The summed E-state index contributed by atoms with van der Waals surface area (Å²) in [5.41, 5.74) is 0.286. The molecule has 1 aromatic heterocycles. The highest BCUT2D eigenvalue weighted by molar-refractivity contribution is 8.00. The van der Waals surface area contributed by atoms with Gasteiger partial charge in [0.1, 0.15) is 5.82 Å². The van der Waals surface area contributed by atoms with Gasteiger partial charge >= 0.3 is 0 Å².